The van der Waals surface area contributed by atoms with Gasteiger partial charge in [-0.15, -0.1) is 0 Å². The SMILES string of the molecule is Cc1cc(C)cc(-n2ccnc2SCC(=O)N(Cc2cccnc2)Cc2ccco2)c1. The molecule has 31 heavy (non-hydrogen) atoms. The molecule has 0 aliphatic heterocycles. The van der Waals surface area contributed by atoms with E-state index in [1.165, 1.54) is 22.9 Å². The summed E-state index contributed by atoms with van der Waals surface area (Å²) in [7, 11) is 0. The van der Waals surface area contributed by atoms with Crippen molar-refractivity contribution < 1.29 is 9.21 Å². The highest BCUT2D eigenvalue weighted by atomic mass is 32.2. The molecule has 0 bridgehead atoms. The van der Waals surface area contributed by atoms with Crippen LogP contribution in [0, 0.1) is 13.8 Å². The second-order valence-corrected chi connectivity index (χ2v) is 8.35. The van der Waals surface area contributed by atoms with Crippen molar-refractivity contribution in [2.24, 2.45) is 0 Å². The molecule has 0 atom stereocenters. The van der Waals surface area contributed by atoms with Gasteiger partial charge in [0, 0.05) is 37.0 Å². The number of imidazole rings is 1. The molecule has 0 N–H and O–H groups in total. The van der Waals surface area contributed by atoms with Gasteiger partial charge in [0.05, 0.1) is 18.6 Å². The maximum Gasteiger partial charge on any atom is 0.233 e. The van der Waals surface area contributed by atoms with E-state index in [1.54, 1.807) is 29.8 Å². The summed E-state index contributed by atoms with van der Waals surface area (Å²) in [6, 6.07) is 13.9. The summed E-state index contributed by atoms with van der Waals surface area (Å²) in [5.41, 5.74) is 4.41. The lowest BCUT2D eigenvalue weighted by Gasteiger charge is -2.21. The van der Waals surface area contributed by atoms with E-state index in [-0.39, 0.29) is 11.7 Å². The molecule has 3 heterocycles. The summed E-state index contributed by atoms with van der Waals surface area (Å²) >= 11 is 1.43. The molecule has 0 fully saturated rings. The molecule has 6 nitrogen and oxygen atoms in total. The minimum Gasteiger partial charge on any atom is -0.467 e. The number of hydrogen-bond donors (Lipinski definition) is 0. The smallest absolute Gasteiger partial charge is 0.233 e. The van der Waals surface area contributed by atoms with Crippen molar-refractivity contribution in [1.29, 1.82) is 0 Å². The summed E-state index contributed by atoms with van der Waals surface area (Å²) in [6.07, 6.45) is 8.82. The zero-order valence-electron chi connectivity index (χ0n) is 17.6. The molecule has 0 spiro atoms. The Morgan fingerprint density at radius 3 is 2.65 bits per heavy atom. The fourth-order valence-corrected chi connectivity index (χ4v) is 4.31. The van der Waals surface area contributed by atoms with Gasteiger partial charge >= 0.3 is 0 Å². The van der Waals surface area contributed by atoms with Crippen molar-refractivity contribution >= 4 is 17.7 Å². The number of benzene rings is 1. The Labute approximate surface area is 185 Å². The van der Waals surface area contributed by atoms with Crippen molar-refractivity contribution in [2.45, 2.75) is 32.1 Å². The molecule has 7 heteroatoms. The Morgan fingerprint density at radius 1 is 1.10 bits per heavy atom. The van der Waals surface area contributed by atoms with Crippen molar-refractivity contribution in [3.8, 4) is 5.69 Å². The quantitative estimate of drug-likeness (QED) is 0.374. The Hall–Kier alpha value is -3.32. The minimum absolute atomic E-state index is 0.0141. The summed E-state index contributed by atoms with van der Waals surface area (Å²) in [5.74, 6) is 1.04. The third-order valence-electron chi connectivity index (χ3n) is 4.79. The molecule has 4 aromatic rings. The van der Waals surface area contributed by atoms with Crippen molar-refractivity contribution in [3.63, 3.8) is 0 Å². The van der Waals surface area contributed by atoms with Crippen molar-refractivity contribution in [2.75, 3.05) is 5.75 Å². The maximum absolute atomic E-state index is 13.1. The molecule has 1 amide bonds. The fourth-order valence-electron chi connectivity index (χ4n) is 3.44. The third kappa shape index (κ3) is 5.44. The van der Waals surface area contributed by atoms with Crippen LogP contribution in [0.1, 0.15) is 22.5 Å². The van der Waals surface area contributed by atoms with Gasteiger partial charge in [-0.25, -0.2) is 4.98 Å². The normalized spacial score (nSPS) is 10.9. The monoisotopic (exact) mass is 432 g/mol. The molecule has 1 aromatic carbocycles. The topological polar surface area (TPSA) is 64.2 Å². The Bertz CT molecular complexity index is 1120. The molecule has 0 radical (unpaired) electrons. The summed E-state index contributed by atoms with van der Waals surface area (Å²) in [6.45, 7) is 5.04. The lowest BCUT2D eigenvalue weighted by molar-refractivity contribution is -0.129. The number of hydrogen-bond acceptors (Lipinski definition) is 5. The van der Waals surface area contributed by atoms with Crippen LogP contribution >= 0.6 is 11.8 Å². The number of aryl methyl sites for hydroxylation is 2. The molecule has 3 aromatic heterocycles. The first-order valence-electron chi connectivity index (χ1n) is 10.0. The van der Waals surface area contributed by atoms with Crippen LogP contribution in [0.3, 0.4) is 0 Å². The minimum atomic E-state index is 0.0141. The van der Waals surface area contributed by atoms with Crippen LogP contribution in [0.5, 0.6) is 0 Å². The van der Waals surface area contributed by atoms with Crippen LogP contribution in [-0.4, -0.2) is 31.1 Å². The number of rotatable bonds is 8. The van der Waals surface area contributed by atoms with Crippen LogP contribution in [0.4, 0.5) is 0 Å². The van der Waals surface area contributed by atoms with Gasteiger partial charge < -0.3 is 9.32 Å². The van der Waals surface area contributed by atoms with E-state index >= 15 is 0 Å². The number of pyridine rings is 1. The van der Waals surface area contributed by atoms with E-state index in [2.05, 4.69) is 42.0 Å². The van der Waals surface area contributed by atoms with E-state index in [0.29, 0.717) is 13.1 Å². The van der Waals surface area contributed by atoms with E-state index in [0.717, 1.165) is 22.2 Å². The molecule has 0 aliphatic rings. The van der Waals surface area contributed by atoms with Crippen LogP contribution in [0.2, 0.25) is 0 Å². The zero-order chi connectivity index (χ0) is 21.6. The first kappa shape index (κ1) is 20.9. The Morgan fingerprint density at radius 2 is 1.94 bits per heavy atom. The Kier molecular flexibility index (Phi) is 6.52. The average Bonchev–Trinajstić information content (AvgIpc) is 3.43. The van der Waals surface area contributed by atoms with Gasteiger partial charge in [-0.3, -0.25) is 14.3 Å². The standard InChI is InChI=1S/C24H24N4O2S/c1-18-11-19(2)13-21(12-18)28-9-8-26-24(28)31-17-23(29)27(16-22-6-4-10-30-22)15-20-5-3-7-25-14-20/h3-14H,15-17H2,1-2H3. The van der Waals surface area contributed by atoms with Gasteiger partial charge in [0.15, 0.2) is 5.16 Å². The highest BCUT2D eigenvalue weighted by molar-refractivity contribution is 7.99. The number of furan rings is 1. The number of carbonyl (C=O) groups excluding carboxylic acids is 1. The van der Waals surface area contributed by atoms with Gasteiger partial charge in [-0.1, -0.05) is 23.9 Å². The van der Waals surface area contributed by atoms with Gasteiger partial charge in [-0.2, -0.15) is 0 Å². The number of carbonyl (C=O) groups is 1. The summed E-state index contributed by atoms with van der Waals surface area (Å²) in [4.78, 5) is 23.5. The summed E-state index contributed by atoms with van der Waals surface area (Å²) in [5, 5.41) is 0.790. The van der Waals surface area contributed by atoms with Gasteiger partial charge in [0.2, 0.25) is 5.91 Å². The number of thioether (sulfide) groups is 1. The largest absolute Gasteiger partial charge is 0.467 e. The van der Waals surface area contributed by atoms with Gasteiger partial charge in [0.1, 0.15) is 5.76 Å². The van der Waals surface area contributed by atoms with Crippen LogP contribution in [-0.2, 0) is 17.9 Å². The lowest BCUT2D eigenvalue weighted by Crippen LogP contribution is -2.31. The van der Waals surface area contributed by atoms with E-state index in [9.17, 15) is 4.79 Å². The van der Waals surface area contributed by atoms with E-state index < -0.39 is 0 Å². The molecule has 4 rings (SSSR count). The Balaban J connectivity index is 1.48. The number of nitrogens with zero attached hydrogens (tertiary/aromatic N) is 4. The molecular formula is C24H24N4O2S. The number of amides is 1. The second kappa shape index (κ2) is 9.66. The van der Waals surface area contributed by atoms with Crippen LogP contribution in [0.25, 0.3) is 5.69 Å². The number of aromatic nitrogens is 3. The molecule has 0 saturated heterocycles. The molecule has 0 unspecified atom stereocenters. The van der Waals surface area contributed by atoms with E-state index in [1.807, 2.05) is 35.0 Å². The first-order chi connectivity index (χ1) is 15.1. The predicted octanol–water partition coefficient (Wildman–Crippen LogP) is 4.80. The van der Waals surface area contributed by atoms with Crippen LogP contribution in [0.15, 0.2) is 83.1 Å². The third-order valence-corrected chi connectivity index (χ3v) is 5.74. The van der Waals surface area contributed by atoms with Crippen molar-refractivity contribution in [3.05, 3.63) is 96.0 Å². The van der Waals surface area contributed by atoms with Crippen LogP contribution < -0.4 is 0 Å². The lowest BCUT2D eigenvalue weighted by atomic mass is 10.1. The molecular weight excluding hydrogens is 408 g/mol. The molecule has 0 saturated carbocycles. The fraction of sp³-hybridized carbons (Fsp3) is 0.208. The van der Waals surface area contributed by atoms with Gasteiger partial charge in [-0.05, 0) is 60.9 Å². The highest BCUT2D eigenvalue weighted by Gasteiger charge is 2.18. The second-order valence-electron chi connectivity index (χ2n) is 7.40. The summed E-state index contributed by atoms with van der Waals surface area (Å²) < 4.78 is 7.49. The highest BCUT2D eigenvalue weighted by Crippen LogP contribution is 2.23. The molecule has 0 aliphatic carbocycles. The van der Waals surface area contributed by atoms with Gasteiger partial charge in [0.25, 0.3) is 0 Å². The average molecular weight is 433 g/mol. The van der Waals surface area contributed by atoms with Crippen molar-refractivity contribution in [1.82, 2.24) is 19.4 Å². The maximum atomic E-state index is 13.1. The zero-order valence-corrected chi connectivity index (χ0v) is 18.4. The predicted molar refractivity (Wildman–Crippen MR) is 121 cm³/mol. The van der Waals surface area contributed by atoms with E-state index in [4.69, 9.17) is 4.42 Å². The molecule has 158 valence electrons. The first-order valence-corrected chi connectivity index (χ1v) is 11.0.